The minimum absolute atomic E-state index is 0.568. The molecule has 0 atom stereocenters. The van der Waals surface area contributed by atoms with Crippen molar-refractivity contribution in [2.24, 2.45) is 0 Å². The molecule has 1 aliphatic heterocycles. The number of hydrogen-bond donors (Lipinski definition) is 0. The molecule has 1 aromatic heterocycles. The zero-order valence-corrected chi connectivity index (χ0v) is 7.05. The van der Waals surface area contributed by atoms with Crippen LogP contribution in [-0.4, -0.2) is 14.0 Å². The van der Waals surface area contributed by atoms with E-state index in [0.717, 1.165) is 5.82 Å². The minimum atomic E-state index is 0.568. The third-order valence-corrected chi connectivity index (χ3v) is 1.98. The lowest BCUT2D eigenvalue weighted by Crippen LogP contribution is -2.15. The van der Waals surface area contributed by atoms with Gasteiger partial charge in [-0.3, -0.25) is 8.99 Å². The van der Waals surface area contributed by atoms with Crippen molar-refractivity contribution in [1.29, 1.82) is 0 Å². The normalized spacial score (nSPS) is 16.2. The third-order valence-electron chi connectivity index (χ3n) is 1.49. The minimum Gasteiger partial charge on any atom is -0.291 e. The van der Waals surface area contributed by atoms with E-state index < -0.39 is 0 Å². The third kappa shape index (κ3) is 1.10. The molecule has 0 saturated carbocycles. The molecule has 3 nitrogen and oxygen atoms in total. The van der Waals surface area contributed by atoms with Crippen LogP contribution in [0.4, 0.5) is 0 Å². The molecule has 0 radical (unpaired) electrons. The summed E-state index contributed by atoms with van der Waals surface area (Å²) in [5, 5.41) is 0.568. The SMILES string of the molecule is ClC1=CN(Cl)Cc2nccn21. The van der Waals surface area contributed by atoms with Crippen LogP contribution in [0.5, 0.6) is 0 Å². The number of imidazole rings is 1. The molecular weight excluding hydrogens is 185 g/mol. The van der Waals surface area contributed by atoms with E-state index in [1.807, 2.05) is 0 Å². The van der Waals surface area contributed by atoms with Crippen molar-refractivity contribution in [3.8, 4) is 0 Å². The highest BCUT2D eigenvalue weighted by atomic mass is 35.5. The summed E-state index contributed by atoms with van der Waals surface area (Å²) in [5.74, 6) is 0.854. The second kappa shape index (κ2) is 2.43. The van der Waals surface area contributed by atoms with E-state index >= 15 is 0 Å². The molecule has 0 aliphatic carbocycles. The standard InChI is InChI=1S/C6H5Cl2N3/c7-5-3-10(8)4-6-9-1-2-11(5)6/h1-3H,4H2. The Hall–Kier alpha value is -0.670. The van der Waals surface area contributed by atoms with Gasteiger partial charge in [0.1, 0.15) is 11.0 Å². The van der Waals surface area contributed by atoms with Gasteiger partial charge in [-0.25, -0.2) is 4.98 Å². The fourth-order valence-corrected chi connectivity index (χ4v) is 1.53. The Labute approximate surface area is 73.9 Å². The first-order chi connectivity index (χ1) is 5.27. The molecule has 5 heteroatoms. The number of nitrogens with zero attached hydrogens (tertiary/aromatic N) is 3. The monoisotopic (exact) mass is 189 g/mol. The van der Waals surface area contributed by atoms with E-state index in [4.69, 9.17) is 23.4 Å². The molecule has 0 aromatic carbocycles. The second-order valence-electron chi connectivity index (χ2n) is 2.22. The van der Waals surface area contributed by atoms with Gasteiger partial charge in [0, 0.05) is 24.2 Å². The Morgan fingerprint density at radius 3 is 3.18 bits per heavy atom. The van der Waals surface area contributed by atoms with Crippen molar-refractivity contribution in [1.82, 2.24) is 14.0 Å². The smallest absolute Gasteiger partial charge is 0.135 e. The summed E-state index contributed by atoms with van der Waals surface area (Å²) in [6.07, 6.45) is 5.15. The predicted molar refractivity (Wildman–Crippen MR) is 43.7 cm³/mol. The van der Waals surface area contributed by atoms with E-state index in [9.17, 15) is 0 Å². The first-order valence-corrected chi connectivity index (χ1v) is 3.81. The first-order valence-electron chi connectivity index (χ1n) is 3.10. The van der Waals surface area contributed by atoms with Crippen LogP contribution in [0.2, 0.25) is 0 Å². The Balaban J connectivity index is 2.50. The van der Waals surface area contributed by atoms with E-state index in [2.05, 4.69) is 4.98 Å². The quantitative estimate of drug-likeness (QED) is 0.582. The molecular formula is C6H5Cl2N3. The number of fused-ring (bicyclic) bond motifs is 1. The summed E-state index contributed by atoms with van der Waals surface area (Å²) in [4.78, 5) is 4.07. The lowest BCUT2D eigenvalue weighted by Gasteiger charge is -2.17. The van der Waals surface area contributed by atoms with Crippen molar-refractivity contribution < 1.29 is 0 Å². The summed E-state index contributed by atoms with van der Waals surface area (Å²) in [6.45, 7) is 0.588. The molecule has 1 aromatic rings. The zero-order chi connectivity index (χ0) is 7.84. The van der Waals surface area contributed by atoms with Crippen LogP contribution in [-0.2, 0) is 6.54 Å². The van der Waals surface area contributed by atoms with E-state index in [1.165, 1.54) is 4.42 Å². The summed E-state index contributed by atoms with van der Waals surface area (Å²) in [6, 6.07) is 0. The lowest BCUT2D eigenvalue weighted by atomic mass is 10.5. The van der Waals surface area contributed by atoms with Gasteiger partial charge in [0.2, 0.25) is 0 Å². The fourth-order valence-electron chi connectivity index (χ4n) is 1.00. The summed E-state index contributed by atoms with van der Waals surface area (Å²) >= 11 is 11.6. The maximum atomic E-state index is 5.84. The average Bonchev–Trinajstić information content (AvgIpc) is 2.34. The molecule has 0 saturated heterocycles. The molecule has 1 aliphatic rings. The predicted octanol–water partition coefficient (Wildman–Crippen LogP) is 1.85. The molecule has 0 amide bonds. The van der Waals surface area contributed by atoms with Crippen molar-refractivity contribution >= 4 is 28.5 Å². The average molecular weight is 190 g/mol. The van der Waals surface area contributed by atoms with Gasteiger partial charge in [-0.2, -0.15) is 0 Å². The highest BCUT2D eigenvalue weighted by Gasteiger charge is 2.13. The van der Waals surface area contributed by atoms with Crippen molar-refractivity contribution in [2.75, 3.05) is 0 Å². The molecule has 2 rings (SSSR count). The molecule has 0 bridgehead atoms. The molecule has 11 heavy (non-hydrogen) atoms. The highest BCUT2D eigenvalue weighted by Crippen LogP contribution is 2.21. The number of aromatic nitrogens is 2. The van der Waals surface area contributed by atoms with Crippen LogP contribution >= 0.6 is 23.4 Å². The second-order valence-corrected chi connectivity index (χ2v) is 3.04. The van der Waals surface area contributed by atoms with Gasteiger partial charge >= 0.3 is 0 Å². The maximum Gasteiger partial charge on any atom is 0.135 e. The van der Waals surface area contributed by atoms with Crippen molar-refractivity contribution in [3.05, 3.63) is 24.4 Å². The van der Waals surface area contributed by atoms with Gasteiger partial charge in [-0.05, 0) is 0 Å². The number of rotatable bonds is 0. The maximum absolute atomic E-state index is 5.84. The summed E-state index contributed by atoms with van der Waals surface area (Å²) in [5.41, 5.74) is 0. The van der Waals surface area contributed by atoms with E-state index in [0.29, 0.717) is 11.7 Å². The van der Waals surface area contributed by atoms with E-state index in [1.54, 1.807) is 23.2 Å². The van der Waals surface area contributed by atoms with Crippen LogP contribution in [0.15, 0.2) is 18.6 Å². The molecule has 0 unspecified atom stereocenters. The van der Waals surface area contributed by atoms with Gasteiger partial charge in [0.25, 0.3) is 0 Å². The Morgan fingerprint density at radius 1 is 1.55 bits per heavy atom. The fraction of sp³-hybridized carbons (Fsp3) is 0.167. The van der Waals surface area contributed by atoms with Crippen LogP contribution in [0.25, 0.3) is 5.16 Å². The van der Waals surface area contributed by atoms with Crippen LogP contribution in [0.3, 0.4) is 0 Å². The van der Waals surface area contributed by atoms with Gasteiger partial charge in [0.15, 0.2) is 0 Å². The Bertz CT molecular complexity index is 305. The van der Waals surface area contributed by atoms with Crippen LogP contribution in [0.1, 0.15) is 5.82 Å². The molecule has 0 spiro atoms. The van der Waals surface area contributed by atoms with E-state index in [-0.39, 0.29) is 0 Å². The molecule has 2 heterocycles. The number of halogens is 2. The van der Waals surface area contributed by atoms with Gasteiger partial charge in [-0.1, -0.05) is 11.6 Å². The van der Waals surface area contributed by atoms with Crippen molar-refractivity contribution in [2.45, 2.75) is 6.54 Å². The lowest BCUT2D eigenvalue weighted by molar-refractivity contribution is 0.551. The summed E-state index contributed by atoms with van der Waals surface area (Å²) in [7, 11) is 0. The van der Waals surface area contributed by atoms with Gasteiger partial charge < -0.3 is 0 Å². The Morgan fingerprint density at radius 2 is 2.36 bits per heavy atom. The zero-order valence-electron chi connectivity index (χ0n) is 5.54. The Kier molecular flexibility index (Phi) is 1.55. The first kappa shape index (κ1) is 7.00. The van der Waals surface area contributed by atoms with Crippen molar-refractivity contribution in [3.63, 3.8) is 0 Å². The molecule has 0 N–H and O–H groups in total. The highest BCUT2D eigenvalue weighted by molar-refractivity contribution is 6.45. The number of hydrogen-bond acceptors (Lipinski definition) is 2. The van der Waals surface area contributed by atoms with Crippen LogP contribution < -0.4 is 0 Å². The molecule has 0 fully saturated rings. The topological polar surface area (TPSA) is 21.1 Å². The van der Waals surface area contributed by atoms with Gasteiger partial charge in [-0.15, -0.1) is 0 Å². The van der Waals surface area contributed by atoms with Gasteiger partial charge in [0.05, 0.1) is 12.7 Å². The largest absolute Gasteiger partial charge is 0.291 e. The molecule has 58 valence electrons. The summed E-state index contributed by atoms with van der Waals surface area (Å²) < 4.78 is 3.27. The van der Waals surface area contributed by atoms with Crippen LogP contribution in [0, 0.1) is 0 Å².